The predicted molar refractivity (Wildman–Crippen MR) is 58.0 cm³/mol. The van der Waals surface area contributed by atoms with Gasteiger partial charge in [0.25, 0.3) is 0 Å². The van der Waals surface area contributed by atoms with Gasteiger partial charge in [-0.25, -0.2) is 15.0 Å². The zero-order valence-corrected chi connectivity index (χ0v) is 9.55. The molecule has 2 N–H and O–H groups in total. The number of rotatable bonds is 3. The molecule has 0 aliphatic carbocycles. The van der Waals surface area contributed by atoms with Crippen molar-refractivity contribution in [2.75, 3.05) is 5.32 Å². The Kier molecular flexibility index (Phi) is 3.37. The average Bonchev–Trinajstić information content (AvgIpc) is 2.77. The molecule has 0 amide bonds. The number of anilines is 1. The van der Waals surface area contributed by atoms with Gasteiger partial charge in [-0.15, -0.1) is 0 Å². The summed E-state index contributed by atoms with van der Waals surface area (Å²) < 4.78 is 37.3. The van der Waals surface area contributed by atoms with Crippen molar-refractivity contribution in [2.45, 2.75) is 12.7 Å². The van der Waals surface area contributed by atoms with Crippen LogP contribution in [0.5, 0.6) is 0 Å². The number of nitrogens with one attached hydrogen (secondary N) is 2. The SMILES string of the molecule is FC(F)(F)c1nc(Cl)cc(NCc2ncc[nH]2)n1. The molecular weight excluding hydrogens is 271 g/mol. The smallest absolute Gasteiger partial charge is 0.363 e. The Hall–Kier alpha value is -1.83. The summed E-state index contributed by atoms with van der Waals surface area (Å²) in [4.78, 5) is 13.1. The lowest BCUT2D eigenvalue weighted by Crippen LogP contribution is -2.13. The maximum atomic E-state index is 12.4. The minimum atomic E-state index is -4.63. The normalized spacial score (nSPS) is 11.6. The summed E-state index contributed by atoms with van der Waals surface area (Å²) in [6.07, 6.45) is -1.50. The van der Waals surface area contributed by atoms with Crippen molar-refractivity contribution in [1.82, 2.24) is 19.9 Å². The molecule has 0 aliphatic rings. The highest BCUT2D eigenvalue weighted by molar-refractivity contribution is 6.29. The molecule has 0 fully saturated rings. The predicted octanol–water partition coefficient (Wildman–Crippen LogP) is 2.48. The van der Waals surface area contributed by atoms with Crippen LogP contribution in [0.4, 0.5) is 19.0 Å². The van der Waals surface area contributed by atoms with E-state index in [-0.39, 0.29) is 17.5 Å². The number of hydrogen-bond acceptors (Lipinski definition) is 4. The Balaban J connectivity index is 2.15. The topological polar surface area (TPSA) is 66.5 Å². The molecule has 18 heavy (non-hydrogen) atoms. The van der Waals surface area contributed by atoms with Gasteiger partial charge in [0.1, 0.15) is 16.8 Å². The van der Waals surface area contributed by atoms with E-state index < -0.39 is 12.0 Å². The van der Waals surface area contributed by atoms with E-state index in [1.54, 1.807) is 6.20 Å². The fraction of sp³-hybridized carbons (Fsp3) is 0.222. The van der Waals surface area contributed by atoms with Crippen LogP contribution in [0.25, 0.3) is 0 Å². The van der Waals surface area contributed by atoms with Crippen LogP contribution >= 0.6 is 11.6 Å². The van der Waals surface area contributed by atoms with E-state index in [2.05, 4.69) is 25.3 Å². The maximum Gasteiger partial charge on any atom is 0.451 e. The number of H-pyrrole nitrogens is 1. The third-order valence-corrected chi connectivity index (χ3v) is 2.13. The third kappa shape index (κ3) is 3.10. The summed E-state index contributed by atoms with van der Waals surface area (Å²) in [5, 5.41) is 2.39. The number of alkyl halides is 3. The fourth-order valence-electron chi connectivity index (χ4n) is 1.20. The molecule has 0 bridgehead atoms. The molecule has 5 nitrogen and oxygen atoms in total. The van der Waals surface area contributed by atoms with E-state index in [0.29, 0.717) is 5.82 Å². The Bertz CT molecular complexity index is 525. The Morgan fingerprint density at radius 3 is 2.72 bits per heavy atom. The van der Waals surface area contributed by atoms with Gasteiger partial charge >= 0.3 is 6.18 Å². The molecule has 2 aromatic heterocycles. The Labute approximate surface area is 104 Å². The number of nitrogens with zero attached hydrogens (tertiary/aromatic N) is 3. The standard InChI is InChI=1S/C9H7ClF3N5/c10-5-3-6(16-4-7-14-1-2-15-7)18-8(17-5)9(11,12)13/h1-3H,4H2,(H,14,15)(H,16,17,18). The molecule has 2 aromatic rings. The summed E-state index contributed by atoms with van der Waals surface area (Å²) in [7, 11) is 0. The molecule has 2 heterocycles. The van der Waals surface area contributed by atoms with E-state index >= 15 is 0 Å². The minimum absolute atomic E-state index is 0.0151. The molecule has 0 unspecified atom stereocenters. The molecule has 0 aromatic carbocycles. The number of aromatic nitrogens is 4. The van der Waals surface area contributed by atoms with Gasteiger partial charge < -0.3 is 10.3 Å². The Morgan fingerprint density at radius 1 is 1.33 bits per heavy atom. The van der Waals surface area contributed by atoms with Crippen LogP contribution < -0.4 is 5.32 Å². The zero-order chi connectivity index (χ0) is 13.2. The van der Waals surface area contributed by atoms with Crippen LogP contribution in [0.2, 0.25) is 5.15 Å². The van der Waals surface area contributed by atoms with Crippen molar-refractivity contribution in [3.05, 3.63) is 35.3 Å². The molecule has 0 saturated heterocycles. The van der Waals surface area contributed by atoms with Crippen LogP contribution in [0.15, 0.2) is 18.5 Å². The molecule has 0 aliphatic heterocycles. The van der Waals surface area contributed by atoms with Crippen LogP contribution in [-0.4, -0.2) is 19.9 Å². The van der Waals surface area contributed by atoms with E-state index in [9.17, 15) is 13.2 Å². The van der Waals surface area contributed by atoms with E-state index in [1.807, 2.05) is 0 Å². The fourth-order valence-corrected chi connectivity index (χ4v) is 1.39. The first-order valence-electron chi connectivity index (χ1n) is 4.79. The van der Waals surface area contributed by atoms with Crippen molar-refractivity contribution in [3.8, 4) is 0 Å². The highest BCUT2D eigenvalue weighted by Crippen LogP contribution is 2.28. The second-order valence-corrected chi connectivity index (χ2v) is 3.67. The summed E-state index contributed by atoms with van der Waals surface area (Å²) in [6, 6.07) is 1.21. The van der Waals surface area contributed by atoms with Crippen LogP contribution in [0.1, 0.15) is 11.6 Å². The molecule has 9 heteroatoms. The van der Waals surface area contributed by atoms with Gasteiger partial charge in [0, 0.05) is 18.5 Å². The van der Waals surface area contributed by atoms with Crippen LogP contribution in [-0.2, 0) is 12.7 Å². The van der Waals surface area contributed by atoms with E-state index in [0.717, 1.165) is 0 Å². The molecule has 0 atom stereocenters. The van der Waals surface area contributed by atoms with Crippen LogP contribution in [0.3, 0.4) is 0 Å². The number of aromatic amines is 1. The molecule has 0 radical (unpaired) electrons. The first-order chi connectivity index (χ1) is 8.45. The first-order valence-corrected chi connectivity index (χ1v) is 5.17. The lowest BCUT2D eigenvalue weighted by molar-refractivity contribution is -0.144. The lowest BCUT2D eigenvalue weighted by Gasteiger charge is -2.08. The maximum absolute atomic E-state index is 12.4. The molecule has 0 saturated carbocycles. The highest BCUT2D eigenvalue weighted by atomic mass is 35.5. The van der Waals surface area contributed by atoms with Gasteiger partial charge in [0.2, 0.25) is 5.82 Å². The third-order valence-electron chi connectivity index (χ3n) is 1.94. The van der Waals surface area contributed by atoms with E-state index in [4.69, 9.17) is 11.6 Å². The van der Waals surface area contributed by atoms with Gasteiger partial charge in [-0.1, -0.05) is 11.6 Å². The second kappa shape index (κ2) is 4.81. The monoisotopic (exact) mass is 277 g/mol. The summed E-state index contributed by atoms with van der Waals surface area (Å²) in [5.41, 5.74) is 0. The van der Waals surface area contributed by atoms with Crippen molar-refractivity contribution in [2.24, 2.45) is 0 Å². The van der Waals surface area contributed by atoms with Crippen molar-refractivity contribution in [1.29, 1.82) is 0 Å². The first kappa shape index (κ1) is 12.6. The number of halogens is 4. The molecule has 2 rings (SSSR count). The van der Waals surface area contributed by atoms with Gasteiger partial charge in [-0.2, -0.15) is 13.2 Å². The largest absolute Gasteiger partial charge is 0.451 e. The van der Waals surface area contributed by atoms with Crippen molar-refractivity contribution in [3.63, 3.8) is 0 Å². The number of hydrogen-bond donors (Lipinski definition) is 2. The average molecular weight is 278 g/mol. The quantitative estimate of drug-likeness (QED) is 0.846. The van der Waals surface area contributed by atoms with Crippen molar-refractivity contribution >= 4 is 17.4 Å². The second-order valence-electron chi connectivity index (χ2n) is 3.29. The molecule has 0 spiro atoms. The minimum Gasteiger partial charge on any atom is -0.363 e. The van der Waals surface area contributed by atoms with Gasteiger partial charge in [0.15, 0.2) is 0 Å². The van der Waals surface area contributed by atoms with E-state index in [1.165, 1.54) is 12.3 Å². The summed E-state index contributed by atoms with van der Waals surface area (Å²) >= 11 is 5.50. The lowest BCUT2D eigenvalue weighted by atomic mass is 10.5. The zero-order valence-electron chi connectivity index (χ0n) is 8.79. The van der Waals surface area contributed by atoms with Gasteiger partial charge in [0.05, 0.1) is 6.54 Å². The van der Waals surface area contributed by atoms with Crippen LogP contribution in [0, 0.1) is 0 Å². The highest BCUT2D eigenvalue weighted by Gasteiger charge is 2.35. The van der Waals surface area contributed by atoms with Gasteiger partial charge in [-0.05, 0) is 0 Å². The van der Waals surface area contributed by atoms with Gasteiger partial charge in [-0.3, -0.25) is 0 Å². The number of imidazole rings is 1. The molecule has 96 valence electrons. The molecular formula is C9H7ClF3N5. The summed E-state index contributed by atoms with van der Waals surface area (Å²) in [5.74, 6) is -0.728. The summed E-state index contributed by atoms with van der Waals surface area (Å²) in [6.45, 7) is 0.206. The Morgan fingerprint density at radius 2 is 2.11 bits per heavy atom. The van der Waals surface area contributed by atoms with Crippen molar-refractivity contribution < 1.29 is 13.2 Å².